The van der Waals surface area contributed by atoms with E-state index in [0.717, 1.165) is 12.0 Å². The van der Waals surface area contributed by atoms with Gasteiger partial charge in [-0.1, -0.05) is 18.2 Å². The Hall–Kier alpha value is -1.23. The van der Waals surface area contributed by atoms with Crippen LogP contribution in [0.4, 0.5) is 4.39 Å². The lowest BCUT2D eigenvalue weighted by atomic mass is 10.0. The van der Waals surface area contributed by atoms with Gasteiger partial charge in [0.15, 0.2) is 0 Å². The van der Waals surface area contributed by atoms with E-state index in [-0.39, 0.29) is 11.9 Å². The van der Waals surface area contributed by atoms with E-state index >= 15 is 0 Å². The molecule has 0 amide bonds. The summed E-state index contributed by atoms with van der Waals surface area (Å²) in [4.78, 5) is 1.23. The van der Waals surface area contributed by atoms with Crippen LogP contribution in [0.2, 0.25) is 0 Å². The summed E-state index contributed by atoms with van der Waals surface area (Å²) in [7, 11) is 0. The van der Waals surface area contributed by atoms with Gasteiger partial charge in [0, 0.05) is 11.3 Å². The van der Waals surface area contributed by atoms with Crippen molar-refractivity contribution in [3.05, 3.63) is 57.5 Å². The first-order valence-corrected chi connectivity index (χ1v) is 6.33. The Labute approximate surface area is 104 Å². The standard InChI is InChI=1S/C13H15FN2S/c1-9-4-5-10(7-12(9)14)13(16-15)8-11-3-2-6-17-11/h2-7,13,16H,8,15H2,1H3. The van der Waals surface area contributed by atoms with Crippen LogP contribution in [0.15, 0.2) is 35.7 Å². The molecule has 1 aromatic heterocycles. The van der Waals surface area contributed by atoms with Crippen molar-refractivity contribution in [3.63, 3.8) is 0 Å². The maximum atomic E-state index is 13.5. The molecule has 90 valence electrons. The normalized spacial score (nSPS) is 12.6. The highest BCUT2D eigenvalue weighted by molar-refractivity contribution is 7.09. The van der Waals surface area contributed by atoms with Crippen LogP contribution in [0.3, 0.4) is 0 Å². The highest BCUT2D eigenvalue weighted by Crippen LogP contribution is 2.22. The lowest BCUT2D eigenvalue weighted by Gasteiger charge is -2.16. The molecule has 4 heteroatoms. The van der Waals surface area contributed by atoms with Crippen LogP contribution in [0, 0.1) is 12.7 Å². The summed E-state index contributed by atoms with van der Waals surface area (Å²) in [6.07, 6.45) is 0.774. The topological polar surface area (TPSA) is 38.0 Å². The maximum Gasteiger partial charge on any atom is 0.126 e. The lowest BCUT2D eigenvalue weighted by molar-refractivity contribution is 0.546. The molecule has 1 heterocycles. The summed E-state index contributed by atoms with van der Waals surface area (Å²) in [5.41, 5.74) is 4.28. The Bertz CT molecular complexity index is 482. The van der Waals surface area contributed by atoms with Crippen LogP contribution in [0.1, 0.15) is 22.0 Å². The minimum Gasteiger partial charge on any atom is -0.271 e. The lowest BCUT2D eigenvalue weighted by Crippen LogP contribution is -2.29. The number of rotatable bonds is 4. The van der Waals surface area contributed by atoms with Gasteiger partial charge >= 0.3 is 0 Å². The molecule has 1 unspecified atom stereocenters. The predicted octanol–water partition coefficient (Wildman–Crippen LogP) is 2.94. The number of halogens is 1. The molecule has 0 bridgehead atoms. The van der Waals surface area contributed by atoms with Crippen LogP contribution >= 0.6 is 11.3 Å². The molecule has 1 atom stereocenters. The van der Waals surface area contributed by atoms with Gasteiger partial charge in [-0.25, -0.2) is 4.39 Å². The van der Waals surface area contributed by atoms with Gasteiger partial charge in [-0.2, -0.15) is 0 Å². The number of nitrogens with two attached hydrogens (primary N) is 1. The van der Waals surface area contributed by atoms with E-state index in [4.69, 9.17) is 5.84 Å². The van der Waals surface area contributed by atoms with Crippen molar-refractivity contribution in [1.29, 1.82) is 0 Å². The third-order valence-corrected chi connectivity index (χ3v) is 3.68. The van der Waals surface area contributed by atoms with E-state index < -0.39 is 0 Å². The van der Waals surface area contributed by atoms with Gasteiger partial charge in [-0.05, 0) is 35.6 Å². The molecule has 0 aliphatic carbocycles. The third kappa shape index (κ3) is 2.91. The van der Waals surface area contributed by atoms with Crippen molar-refractivity contribution in [3.8, 4) is 0 Å². The summed E-state index contributed by atoms with van der Waals surface area (Å²) in [5, 5.41) is 2.03. The molecule has 0 saturated carbocycles. The average Bonchev–Trinajstić information content (AvgIpc) is 2.82. The van der Waals surface area contributed by atoms with Crippen LogP contribution in [-0.4, -0.2) is 0 Å². The smallest absolute Gasteiger partial charge is 0.126 e. The second-order valence-electron chi connectivity index (χ2n) is 4.01. The van der Waals surface area contributed by atoms with Gasteiger partial charge in [0.1, 0.15) is 5.82 Å². The Morgan fingerprint density at radius 3 is 2.82 bits per heavy atom. The maximum absolute atomic E-state index is 13.5. The second-order valence-corrected chi connectivity index (χ2v) is 5.04. The Morgan fingerprint density at radius 1 is 1.41 bits per heavy atom. The van der Waals surface area contributed by atoms with Gasteiger partial charge in [0.2, 0.25) is 0 Å². The van der Waals surface area contributed by atoms with Crippen molar-refractivity contribution in [2.24, 2.45) is 5.84 Å². The number of hydrogen-bond acceptors (Lipinski definition) is 3. The van der Waals surface area contributed by atoms with Crippen molar-refractivity contribution in [2.45, 2.75) is 19.4 Å². The summed E-state index contributed by atoms with van der Waals surface area (Å²) >= 11 is 1.68. The zero-order valence-corrected chi connectivity index (χ0v) is 10.4. The van der Waals surface area contributed by atoms with E-state index in [1.54, 1.807) is 30.4 Å². The Morgan fingerprint density at radius 2 is 2.24 bits per heavy atom. The first-order valence-electron chi connectivity index (χ1n) is 5.45. The van der Waals surface area contributed by atoms with Gasteiger partial charge in [0.25, 0.3) is 0 Å². The number of benzene rings is 1. The van der Waals surface area contributed by atoms with E-state index in [9.17, 15) is 4.39 Å². The Balaban J connectivity index is 2.20. The van der Waals surface area contributed by atoms with Gasteiger partial charge in [-0.3, -0.25) is 11.3 Å². The first kappa shape index (κ1) is 12.2. The molecule has 2 aromatic rings. The van der Waals surface area contributed by atoms with E-state index in [2.05, 4.69) is 11.5 Å². The van der Waals surface area contributed by atoms with Gasteiger partial charge in [0.05, 0.1) is 6.04 Å². The number of thiophene rings is 1. The zero-order valence-electron chi connectivity index (χ0n) is 9.61. The highest BCUT2D eigenvalue weighted by atomic mass is 32.1. The van der Waals surface area contributed by atoms with Crippen LogP contribution in [0.25, 0.3) is 0 Å². The fraction of sp³-hybridized carbons (Fsp3) is 0.231. The number of hydrogen-bond donors (Lipinski definition) is 2. The molecule has 0 aliphatic heterocycles. The van der Waals surface area contributed by atoms with Crippen molar-refractivity contribution < 1.29 is 4.39 Å². The molecule has 0 radical (unpaired) electrons. The zero-order chi connectivity index (χ0) is 12.3. The minimum absolute atomic E-state index is 0.0521. The first-order chi connectivity index (χ1) is 8.20. The molecule has 1 aromatic carbocycles. The summed E-state index contributed by atoms with van der Waals surface area (Å²) < 4.78 is 13.5. The molecule has 0 spiro atoms. The van der Waals surface area contributed by atoms with E-state index in [1.807, 2.05) is 17.5 Å². The van der Waals surface area contributed by atoms with Crippen molar-refractivity contribution in [2.75, 3.05) is 0 Å². The largest absolute Gasteiger partial charge is 0.271 e. The molecule has 2 nitrogen and oxygen atoms in total. The fourth-order valence-corrected chi connectivity index (χ4v) is 2.48. The van der Waals surface area contributed by atoms with Crippen LogP contribution in [-0.2, 0) is 6.42 Å². The number of nitrogens with one attached hydrogen (secondary N) is 1. The SMILES string of the molecule is Cc1ccc(C(Cc2cccs2)NN)cc1F. The van der Waals surface area contributed by atoms with Crippen LogP contribution < -0.4 is 11.3 Å². The quantitative estimate of drug-likeness (QED) is 0.647. The summed E-state index contributed by atoms with van der Waals surface area (Å²) in [5.74, 6) is 5.36. The highest BCUT2D eigenvalue weighted by Gasteiger charge is 2.12. The summed E-state index contributed by atoms with van der Waals surface area (Å²) in [6.45, 7) is 1.75. The minimum atomic E-state index is -0.186. The predicted molar refractivity (Wildman–Crippen MR) is 69.2 cm³/mol. The molecule has 0 aliphatic rings. The third-order valence-electron chi connectivity index (χ3n) is 2.78. The fourth-order valence-electron chi connectivity index (χ4n) is 1.73. The molecule has 0 fully saturated rings. The molecule has 3 N–H and O–H groups in total. The van der Waals surface area contributed by atoms with Crippen molar-refractivity contribution in [1.82, 2.24) is 5.43 Å². The Kier molecular flexibility index (Phi) is 3.89. The molecule has 0 saturated heterocycles. The molecule has 17 heavy (non-hydrogen) atoms. The molecule has 2 rings (SSSR count). The number of hydrazine groups is 1. The average molecular weight is 250 g/mol. The molecular formula is C13H15FN2S. The van der Waals surface area contributed by atoms with Crippen molar-refractivity contribution >= 4 is 11.3 Å². The second kappa shape index (κ2) is 5.40. The van der Waals surface area contributed by atoms with Gasteiger partial charge in [-0.15, -0.1) is 11.3 Å². The van der Waals surface area contributed by atoms with Crippen LogP contribution in [0.5, 0.6) is 0 Å². The molecular weight excluding hydrogens is 235 g/mol. The van der Waals surface area contributed by atoms with E-state index in [0.29, 0.717) is 5.56 Å². The van der Waals surface area contributed by atoms with E-state index in [1.165, 1.54) is 4.88 Å². The monoisotopic (exact) mass is 250 g/mol. The van der Waals surface area contributed by atoms with Gasteiger partial charge < -0.3 is 0 Å². The number of aryl methyl sites for hydroxylation is 1. The summed E-state index contributed by atoms with van der Waals surface area (Å²) in [6, 6.07) is 9.25.